The number of pyridine rings is 1. The van der Waals surface area contributed by atoms with E-state index in [1.807, 2.05) is 66.9 Å². The van der Waals surface area contributed by atoms with Gasteiger partial charge >= 0.3 is 28.1 Å². The van der Waals surface area contributed by atoms with Gasteiger partial charge in [-0.1, -0.05) is 59.6 Å². The molecule has 0 saturated heterocycles. The van der Waals surface area contributed by atoms with E-state index in [9.17, 15) is 0 Å². The number of hydrogen-bond acceptors (Lipinski definition) is 4. The first kappa shape index (κ1) is 28.9. The number of aromatic nitrogens is 2. The third-order valence-electron chi connectivity index (χ3n) is 8.19. The summed E-state index contributed by atoms with van der Waals surface area (Å²) in [6.07, 6.45) is 1.81. The summed E-state index contributed by atoms with van der Waals surface area (Å²) in [4.78, 5) is 6.91. The second kappa shape index (κ2) is 11.6. The summed E-state index contributed by atoms with van der Waals surface area (Å²) < 4.78 is 15.1. The van der Waals surface area contributed by atoms with Crippen LogP contribution in [0.3, 0.4) is 0 Å². The first-order valence-corrected chi connectivity index (χ1v) is 14.7. The first-order chi connectivity index (χ1) is 21.5. The minimum atomic E-state index is -0.394. The zero-order valence-electron chi connectivity index (χ0n) is 25.0. The molecule has 0 unspecified atom stereocenters. The van der Waals surface area contributed by atoms with Crippen molar-refractivity contribution in [1.29, 1.82) is 0 Å². The van der Waals surface area contributed by atoms with Crippen molar-refractivity contribution in [2.45, 2.75) is 20.8 Å². The van der Waals surface area contributed by atoms with Gasteiger partial charge < -0.3 is 18.8 Å². The van der Waals surface area contributed by atoms with Gasteiger partial charge in [0.1, 0.15) is 11.6 Å². The predicted octanol–water partition coefficient (Wildman–Crippen LogP) is 8.42. The van der Waals surface area contributed by atoms with E-state index in [-0.39, 0.29) is 21.1 Å². The summed E-state index contributed by atoms with van der Waals surface area (Å²) in [5, 5.41) is 2.23. The van der Waals surface area contributed by atoms with Gasteiger partial charge in [-0.3, -0.25) is 0 Å². The molecule has 8 rings (SSSR count). The molecule has 3 heterocycles. The Bertz CT molecular complexity index is 2170. The first-order valence-electron chi connectivity index (χ1n) is 14.7. The second-order valence-electron chi connectivity index (χ2n) is 11.3. The Kier molecular flexibility index (Phi) is 7.47. The van der Waals surface area contributed by atoms with Gasteiger partial charge in [0.2, 0.25) is 0 Å². The number of aryl methyl sites for hydroxylation is 3. The van der Waals surface area contributed by atoms with Crippen LogP contribution in [0.15, 0.2) is 115 Å². The summed E-state index contributed by atoms with van der Waals surface area (Å²) in [6.45, 7) is 6.45. The standard InChI is InChI=1S/C38H28BN3O2.Pt/c1-25-21-26(2)38(27(3)22-25)42-34-15-6-7-16-36(34)44-39(42)28-11-10-12-29(23-28)43-30-18-19-32-31-13-4-5-14-33(31)41(35(32)24-30)37-17-8-9-20-40-37;/h4-22H,1-3H3;/q-2;+2. The normalized spacial score (nSPS) is 12.2. The molecule has 0 bridgehead atoms. The minimum Gasteiger partial charge on any atom is -0.537 e. The van der Waals surface area contributed by atoms with E-state index < -0.39 is 7.05 Å². The molecular formula is C38H28BN3O2Pt. The SMILES string of the molecule is Cc1cc(C)c(N2B(c3[c-]c(Oc4[c-]c5c(cc4)c4ccccc4n5-c4ccccn4)ccc3)Oc3ccccc32)c(C)c1.[Pt+2]. The molecule has 2 aromatic heterocycles. The van der Waals surface area contributed by atoms with E-state index in [2.05, 4.69) is 95.8 Å². The fourth-order valence-corrected chi connectivity index (χ4v) is 6.49. The Morgan fingerprint density at radius 2 is 1.49 bits per heavy atom. The summed E-state index contributed by atoms with van der Waals surface area (Å²) in [7, 11) is -0.394. The molecular weight excluding hydrogens is 736 g/mol. The van der Waals surface area contributed by atoms with E-state index in [1.54, 1.807) is 0 Å². The smallest absolute Gasteiger partial charge is 0.537 e. The van der Waals surface area contributed by atoms with Gasteiger partial charge in [0, 0.05) is 28.9 Å². The van der Waals surface area contributed by atoms with Crippen molar-refractivity contribution >= 4 is 45.7 Å². The number of para-hydroxylation sites is 3. The molecule has 220 valence electrons. The Morgan fingerprint density at radius 1 is 0.733 bits per heavy atom. The molecule has 5 nitrogen and oxygen atoms in total. The maximum absolute atomic E-state index is 6.58. The van der Waals surface area contributed by atoms with Crippen molar-refractivity contribution < 1.29 is 30.5 Å². The van der Waals surface area contributed by atoms with Crippen molar-refractivity contribution in [3.05, 3.63) is 144 Å². The number of fused-ring (bicyclic) bond motifs is 4. The van der Waals surface area contributed by atoms with Crippen LogP contribution >= 0.6 is 0 Å². The fourth-order valence-electron chi connectivity index (χ4n) is 6.49. The van der Waals surface area contributed by atoms with Crippen LogP contribution in [0.4, 0.5) is 11.4 Å². The number of anilines is 2. The summed E-state index contributed by atoms with van der Waals surface area (Å²) in [5.74, 6) is 2.87. The average molecular weight is 765 g/mol. The van der Waals surface area contributed by atoms with Gasteiger partial charge in [0.25, 0.3) is 0 Å². The Balaban J connectivity index is 0.00000325. The number of rotatable bonds is 5. The summed E-state index contributed by atoms with van der Waals surface area (Å²) >= 11 is 0. The van der Waals surface area contributed by atoms with Crippen LogP contribution in [-0.4, -0.2) is 16.6 Å². The zero-order chi connectivity index (χ0) is 29.8. The molecule has 0 saturated carbocycles. The van der Waals surface area contributed by atoms with E-state index in [4.69, 9.17) is 9.39 Å². The quantitative estimate of drug-likeness (QED) is 0.131. The largest absolute Gasteiger partial charge is 2.00 e. The molecule has 0 aliphatic carbocycles. The van der Waals surface area contributed by atoms with Crippen molar-refractivity contribution in [1.82, 2.24) is 9.55 Å². The number of ether oxygens (including phenoxy) is 1. The van der Waals surface area contributed by atoms with Crippen LogP contribution in [0.25, 0.3) is 27.6 Å². The molecule has 5 aromatic carbocycles. The molecule has 0 atom stereocenters. The molecule has 1 aliphatic rings. The maximum atomic E-state index is 6.58. The third-order valence-corrected chi connectivity index (χ3v) is 8.19. The van der Waals surface area contributed by atoms with Crippen molar-refractivity contribution in [2.24, 2.45) is 0 Å². The number of nitrogens with zero attached hydrogens (tertiary/aromatic N) is 3. The van der Waals surface area contributed by atoms with Crippen LogP contribution < -0.4 is 19.7 Å². The summed E-state index contributed by atoms with van der Waals surface area (Å²) in [5.41, 5.74) is 8.68. The second-order valence-corrected chi connectivity index (χ2v) is 11.3. The molecule has 0 N–H and O–H groups in total. The zero-order valence-corrected chi connectivity index (χ0v) is 27.3. The maximum Gasteiger partial charge on any atom is 2.00 e. The van der Waals surface area contributed by atoms with Gasteiger partial charge in [-0.15, -0.1) is 35.1 Å². The predicted molar refractivity (Wildman–Crippen MR) is 178 cm³/mol. The molecule has 7 aromatic rings. The van der Waals surface area contributed by atoms with Gasteiger partial charge in [0.05, 0.1) is 5.69 Å². The Morgan fingerprint density at radius 3 is 2.31 bits per heavy atom. The third kappa shape index (κ3) is 5.00. The molecule has 0 radical (unpaired) electrons. The topological polar surface area (TPSA) is 39.5 Å². The van der Waals surface area contributed by atoms with Gasteiger partial charge in [-0.05, 0) is 67.6 Å². The van der Waals surface area contributed by atoms with Gasteiger partial charge in [-0.25, -0.2) is 4.98 Å². The van der Waals surface area contributed by atoms with Gasteiger partial charge in [0.15, 0.2) is 0 Å². The van der Waals surface area contributed by atoms with Crippen molar-refractivity contribution in [3.8, 4) is 23.1 Å². The van der Waals surface area contributed by atoms with Crippen LogP contribution in [0.2, 0.25) is 0 Å². The molecule has 0 amide bonds. The fraction of sp³-hybridized carbons (Fsp3) is 0.0789. The summed E-state index contributed by atoms with van der Waals surface area (Å²) in [6, 6.07) is 44.0. The molecule has 1 aliphatic heterocycles. The van der Waals surface area contributed by atoms with E-state index >= 15 is 0 Å². The monoisotopic (exact) mass is 764 g/mol. The molecule has 0 spiro atoms. The van der Waals surface area contributed by atoms with E-state index in [0.717, 1.165) is 50.2 Å². The number of benzene rings is 5. The molecule has 7 heteroatoms. The van der Waals surface area contributed by atoms with Crippen LogP contribution in [0, 0.1) is 32.9 Å². The molecule has 45 heavy (non-hydrogen) atoms. The Hall–Kier alpha value is -4.80. The van der Waals surface area contributed by atoms with Crippen molar-refractivity contribution in [3.63, 3.8) is 0 Å². The van der Waals surface area contributed by atoms with Crippen LogP contribution in [0.5, 0.6) is 17.2 Å². The van der Waals surface area contributed by atoms with Crippen molar-refractivity contribution in [2.75, 3.05) is 4.81 Å². The number of hydrogen-bond donors (Lipinski definition) is 0. The minimum absolute atomic E-state index is 0. The van der Waals surface area contributed by atoms with Gasteiger partial charge in [-0.2, -0.15) is 18.2 Å². The van der Waals surface area contributed by atoms with E-state index in [0.29, 0.717) is 11.5 Å². The van der Waals surface area contributed by atoms with Crippen LogP contribution in [-0.2, 0) is 21.1 Å². The van der Waals surface area contributed by atoms with E-state index in [1.165, 1.54) is 16.7 Å². The average Bonchev–Trinajstić information content (AvgIpc) is 3.57. The Labute approximate surface area is 277 Å². The molecule has 0 fully saturated rings. The van der Waals surface area contributed by atoms with Crippen LogP contribution in [0.1, 0.15) is 16.7 Å².